The third kappa shape index (κ3) is 5.90. The second-order valence-electron chi connectivity index (χ2n) is 13.3. The molecule has 1 aliphatic carbocycles. The van der Waals surface area contributed by atoms with Gasteiger partial charge in [0.1, 0.15) is 18.1 Å². The molecule has 1 unspecified atom stereocenters. The van der Waals surface area contributed by atoms with Gasteiger partial charge in [-0.25, -0.2) is 13.1 Å². The molecule has 1 aliphatic heterocycles. The van der Waals surface area contributed by atoms with Crippen LogP contribution in [-0.4, -0.2) is 72.5 Å². The first-order chi connectivity index (χ1) is 18.9. The number of hydrogen-bond donors (Lipinski definition) is 2. The number of rotatable bonds is 8. The van der Waals surface area contributed by atoms with Crippen molar-refractivity contribution in [3.8, 4) is 6.07 Å². The van der Waals surface area contributed by atoms with Gasteiger partial charge in [0.15, 0.2) is 0 Å². The summed E-state index contributed by atoms with van der Waals surface area (Å²) < 4.78 is 26.8. The number of likely N-dealkylation sites (N-methyl/N-ethyl adjacent to an activating group) is 1. The van der Waals surface area contributed by atoms with Crippen molar-refractivity contribution >= 4 is 32.7 Å². The standard InChI is InChI=1S/C30H41N5O5S/c1-9-34(20(15-31)14-19-13-18-12-17(2)10-11-22(18)32-26(19)36)27(37)24-23-21(30(23,6)7)16-35(24)28(38)25(29(3,4)5)33-41(8,39)40/h10-13,20-21,23-25,33H,9,14,16H2,1-8H3,(H,32,36)/t20?,21-,23-,24-,25+/m0/s1. The average molecular weight is 584 g/mol. The fourth-order valence-corrected chi connectivity index (χ4v) is 7.31. The summed E-state index contributed by atoms with van der Waals surface area (Å²) in [5.41, 5.74) is 0.892. The van der Waals surface area contributed by atoms with E-state index in [1.165, 1.54) is 9.80 Å². The highest BCUT2D eigenvalue weighted by atomic mass is 32.2. The molecule has 4 rings (SSSR count). The van der Waals surface area contributed by atoms with E-state index in [9.17, 15) is 28.1 Å². The molecule has 2 fully saturated rings. The van der Waals surface area contributed by atoms with Crippen LogP contribution in [0.15, 0.2) is 29.1 Å². The summed E-state index contributed by atoms with van der Waals surface area (Å²) in [6.07, 6.45) is 1.05. The molecule has 2 heterocycles. The summed E-state index contributed by atoms with van der Waals surface area (Å²) in [4.78, 5) is 46.9. The molecule has 0 bridgehead atoms. The van der Waals surface area contributed by atoms with E-state index < -0.39 is 39.5 Å². The van der Waals surface area contributed by atoms with Crippen LogP contribution in [0.25, 0.3) is 10.9 Å². The van der Waals surface area contributed by atoms with Crippen molar-refractivity contribution in [1.29, 1.82) is 5.26 Å². The number of aromatic amines is 1. The number of hydrogen-bond acceptors (Lipinski definition) is 6. The van der Waals surface area contributed by atoms with Crippen LogP contribution in [0, 0.1) is 40.9 Å². The van der Waals surface area contributed by atoms with Crippen molar-refractivity contribution in [2.45, 2.75) is 73.0 Å². The number of aryl methyl sites for hydroxylation is 1. The van der Waals surface area contributed by atoms with Crippen LogP contribution >= 0.6 is 0 Å². The molecule has 2 amide bonds. The van der Waals surface area contributed by atoms with Gasteiger partial charge in [-0.05, 0) is 60.1 Å². The summed E-state index contributed by atoms with van der Waals surface area (Å²) in [5, 5.41) is 11.0. The van der Waals surface area contributed by atoms with Gasteiger partial charge in [0, 0.05) is 30.6 Å². The Hall–Kier alpha value is -3.23. The summed E-state index contributed by atoms with van der Waals surface area (Å²) in [6, 6.07) is 6.86. The Balaban J connectivity index is 1.67. The Labute approximate surface area is 242 Å². The molecule has 11 heteroatoms. The number of H-pyrrole nitrogens is 1. The third-order valence-electron chi connectivity index (χ3n) is 8.83. The first kappa shape index (κ1) is 30.7. The molecule has 41 heavy (non-hydrogen) atoms. The Bertz CT molecular complexity index is 1580. The van der Waals surface area contributed by atoms with Crippen molar-refractivity contribution in [3.05, 3.63) is 45.7 Å². The van der Waals surface area contributed by atoms with Crippen LogP contribution < -0.4 is 10.3 Å². The minimum absolute atomic E-state index is 0.0354. The molecular formula is C30H41N5O5S. The zero-order valence-corrected chi connectivity index (χ0v) is 25.9. The molecule has 10 nitrogen and oxygen atoms in total. The smallest absolute Gasteiger partial charge is 0.251 e. The quantitative estimate of drug-likeness (QED) is 0.489. The fourth-order valence-electron chi connectivity index (χ4n) is 6.43. The van der Waals surface area contributed by atoms with Gasteiger partial charge >= 0.3 is 0 Å². The number of sulfonamides is 1. The third-order valence-corrected chi connectivity index (χ3v) is 9.49. The fraction of sp³-hybridized carbons (Fsp3) is 0.600. The highest BCUT2D eigenvalue weighted by Crippen LogP contribution is 2.65. The monoisotopic (exact) mass is 583 g/mol. The van der Waals surface area contributed by atoms with Crippen LogP contribution in [0.2, 0.25) is 0 Å². The predicted octanol–water partition coefficient (Wildman–Crippen LogP) is 2.57. The lowest BCUT2D eigenvalue weighted by Gasteiger charge is -2.39. The molecule has 1 saturated heterocycles. The Morgan fingerprint density at radius 3 is 2.49 bits per heavy atom. The SMILES string of the molecule is CCN(C(=O)[C@@H]1[C@@H]2[C@H](CN1C(=O)[C@@H](NS(C)(=O)=O)C(C)(C)C)C2(C)C)C(C#N)Cc1cc2cc(C)ccc2[nH]c1=O. The molecule has 2 aromatic rings. The predicted molar refractivity (Wildman–Crippen MR) is 157 cm³/mol. The Morgan fingerprint density at radius 2 is 1.93 bits per heavy atom. The normalized spacial score (nSPS) is 23.0. The number of amides is 2. The lowest BCUT2D eigenvalue weighted by molar-refractivity contribution is -0.148. The second kappa shape index (κ2) is 10.6. The second-order valence-corrected chi connectivity index (χ2v) is 15.0. The van der Waals surface area contributed by atoms with E-state index in [1.54, 1.807) is 33.8 Å². The molecular weight excluding hydrogens is 542 g/mol. The van der Waals surface area contributed by atoms with E-state index in [4.69, 9.17) is 0 Å². The highest BCUT2D eigenvalue weighted by Gasteiger charge is 2.70. The van der Waals surface area contributed by atoms with Crippen molar-refractivity contribution in [3.63, 3.8) is 0 Å². The average Bonchev–Trinajstić information content (AvgIpc) is 3.19. The maximum atomic E-state index is 14.3. The van der Waals surface area contributed by atoms with Gasteiger partial charge in [-0.15, -0.1) is 0 Å². The summed E-state index contributed by atoms with van der Waals surface area (Å²) in [7, 11) is -3.71. The van der Waals surface area contributed by atoms with Crippen molar-refractivity contribution < 1.29 is 18.0 Å². The number of carbonyl (C=O) groups excluding carboxylic acids is 2. The minimum atomic E-state index is -3.71. The molecule has 1 saturated carbocycles. The number of piperidine rings is 1. The first-order valence-corrected chi connectivity index (χ1v) is 15.9. The van der Waals surface area contributed by atoms with Crippen LogP contribution in [0.5, 0.6) is 0 Å². The summed E-state index contributed by atoms with van der Waals surface area (Å²) in [6.45, 7) is 13.7. The topological polar surface area (TPSA) is 143 Å². The van der Waals surface area contributed by atoms with Gasteiger partial charge in [0.05, 0.1) is 12.3 Å². The number of nitriles is 1. The van der Waals surface area contributed by atoms with Gasteiger partial charge in [-0.2, -0.15) is 5.26 Å². The molecule has 2 aliphatic rings. The number of pyridine rings is 1. The van der Waals surface area contributed by atoms with Crippen LogP contribution in [0.1, 0.15) is 52.7 Å². The number of fused-ring (bicyclic) bond motifs is 2. The number of benzene rings is 1. The largest absolute Gasteiger partial charge is 0.329 e. The van der Waals surface area contributed by atoms with Crippen LogP contribution in [0.3, 0.4) is 0 Å². The van der Waals surface area contributed by atoms with E-state index >= 15 is 0 Å². The van der Waals surface area contributed by atoms with Crippen molar-refractivity contribution in [1.82, 2.24) is 19.5 Å². The Morgan fingerprint density at radius 1 is 1.27 bits per heavy atom. The molecule has 1 aromatic heterocycles. The van der Waals surface area contributed by atoms with Gasteiger partial charge in [-0.3, -0.25) is 14.4 Å². The zero-order valence-electron chi connectivity index (χ0n) is 25.1. The van der Waals surface area contributed by atoms with Gasteiger partial charge in [0.25, 0.3) is 5.56 Å². The number of nitrogens with one attached hydrogen (secondary N) is 2. The number of likely N-dealkylation sites (tertiary alicyclic amines) is 1. The number of carbonyl (C=O) groups is 2. The maximum absolute atomic E-state index is 14.3. The van der Waals surface area contributed by atoms with Crippen LogP contribution in [0.4, 0.5) is 0 Å². The van der Waals surface area contributed by atoms with E-state index in [0.717, 1.165) is 17.2 Å². The molecule has 1 aromatic carbocycles. The van der Waals surface area contributed by atoms with Crippen molar-refractivity contribution in [2.24, 2.45) is 22.7 Å². The number of nitrogens with zero attached hydrogens (tertiary/aromatic N) is 3. The molecule has 5 atom stereocenters. The lowest BCUT2D eigenvalue weighted by Crippen LogP contribution is -2.60. The highest BCUT2D eigenvalue weighted by molar-refractivity contribution is 7.88. The Kier molecular flexibility index (Phi) is 7.91. The molecule has 2 N–H and O–H groups in total. The zero-order chi connectivity index (χ0) is 30.7. The van der Waals surface area contributed by atoms with E-state index in [0.29, 0.717) is 17.6 Å². The maximum Gasteiger partial charge on any atom is 0.251 e. The van der Waals surface area contributed by atoms with Gasteiger partial charge in [-0.1, -0.05) is 46.2 Å². The molecule has 0 radical (unpaired) electrons. The van der Waals surface area contributed by atoms with Gasteiger partial charge in [0.2, 0.25) is 21.8 Å². The van der Waals surface area contributed by atoms with Crippen LogP contribution in [-0.2, 0) is 26.0 Å². The molecule has 222 valence electrons. The summed E-state index contributed by atoms with van der Waals surface area (Å²) >= 11 is 0. The molecule has 0 spiro atoms. The van der Waals surface area contributed by atoms with E-state index in [2.05, 4.69) is 29.6 Å². The lowest BCUT2D eigenvalue weighted by atomic mass is 9.86. The number of aromatic nitrogens is 1. The van der Waals surface area contributed by atoms with E-state index in [1.807, 2.05) is 25.1 Å². The van der Waals surface area contributed by atoms with E-state index in [-0.39, 0.29) is 41.7 Å². The van der Waals surface area contributed by atoms with Crippen molar-refractivity contribution in [2.75, 3.05) is 19.3 Å². The van der Waals surface area contributed by atoms with Gasteiger partial charge < -0.3 is 14.8 Å². The first-order valence-electron chi connectivity index (χ1n) is 14.0. The summed E-state index contributed by atoms with van der Waals surface area (Å²) in [5.74, 6) is -0.830. The minimum Gasteiger partial charge on any atom is -0.329 e.